The van der Waals surface area contributed by atoms with Crippen LogP contribution in [0.5, 0.6) is 0 Å². The number of anilines is 3. The normalized spacial score (nSPS) is 10.5. The first kappa shape index (κ1) is 12.7. The van der Waals surface area contributed by atoms with Crippen molar-refractivity contribution >= 4 is 40.0 Å². The van der Waals surface area contributed by atoms with Crippen LogP contribution >= 0.6 is 11.6 Å². The smallest absolute Gasteiger partial charge is 0.194 e. The predicted octanol–water partition coefficient (Wildman–Crippen LogP) is 3.83. The highest BCUT2D eigenvalue weighted by Gasteiger charge is 2.09. The predicted molar refractivity (Wildman–Crippen MR) is 79.7 cm³/mol. The summed E-state index contributed by atoms with van der Waals surface area (Å²) >= 11 is 6.09. The van der Waals surface area contributed by atoms with Crippen LogP contribution in [0.25, 0.3) is 11.0 Å². The Bertz CT molecular complexity index is 763. The number of fused-ring (bicyclic) bond motifs is 1. The number of hydrogen-bond acceptors (Lipinski definition) is 5. The lowest BCUT2D eigenvalue weighted by atomic mass is 10.3. The molecular formula is C14H11ClN4O. The maximum absolute atomic E-state index is 9.20. The summed E-state index contributed by atoms with van der Waals surface area (Å²) in [6.07, 6.45) is 0. The molecule has 0 spiro atoms. The first-order valence-electron chi connectivity index (χ1n) is 5.96. The Kier molecular flexibility index (Phi) is 3.37. The van der Waals surface area contributed by atoms with Crippen molar-refractivity contribution in [3.63, 3.8) is 0 Å². The zero-order valence-corrected chi connectivity index (χ0v) is 11.1. The van der Waals surface area contributed by atoms with Crippen molar-refractivity contribution in [1.29, 1.82) is 0 Å². The van der Waals surface area contributed by atoms with Gasteiger partial charge >= 0.3 is 0 Å². The number of nitrogens with one attached hydrogen (secondary N) is 2. The van der Waals surface area contributed by atoms with Gasteiger partial charge in [0.05, 0.1) is 21.7 Å². The molecule has 20 heavy (non-hydrogen) atoms. The second-order valence-corrected chi connectivity index (χ2v) is 4.53. The average molecular weight is 287 g/mol. The Morgan fingerprint density at radius 1 is 0.850 bits per heavy atom. The molecule has 2 aromatic carbocycles. The Balaban J connectivity index is 2.08. The SMILES string of the molecule is ONc1nc2ccccc2nc1Nc1ccccc1Cl. The zero-order chi connectivity index (χ0) is 13.9. The van der Waals surface area contributed by atoms with Gasteiger partial charge in [-0.3, -0.25) is 5.21 Å². The van der Waals surface area contributed by atoms with Gasteiger partial charge in [-0.2, -0.15) is 0 Å². The molecule has 3 aromatic rings. The van der Waals surface area contributed by atoms with E-state index in [1.54, 1.807) is 6.07 Å². The van der Waals surface area contributed by atoms with Crippen LogP contribution in [0.1, 0.15) is 0 Å². The molecule has 1 aromatic heterocycles. The lowest BCUT2D eigenvalue weighted by Gasteiger charge is -2.11. The van der Waals surface area contributed by atoms with Gasteiger partial charge in [-0.25, -0.2) is 15.4 Å². The quantitative estimate of drug-likeness (QED) is 0.638. The fourth-order valence-electron chi connectivity index (χ4n) is 1.86. The summed E-state index contributed by atoms with van der Waals surface area (Å²) in [6.45, 7) is 0. The molecule has 0 saturated carbocycles. The minimum Gasteiger partial charge on any atom is -0.336 e. The van der Waals surface area contributed by atoms with Crippen LogP contribution in [0, 0.1) is 0 Å². The van der Waals surface area contributed by atoms with Crippen LogP contribution in [0.2, 0.25) is 5.02 Å². The number of benzene rings is 2. The fourth-order valence-corrected chi connectivity index (χ4v) is 2.04. The highest BCUT2D eigenvalue weighted by molar-refractivity contribution is 6.33. The number of para-hydroxylation sites is 3. The maximum atomic E-state index is 9.20. The van der Waals surface area contributed by atoms with Gasteiger partial charge in [-0.1, -0.05) is 35.9 Å². The zero-order valence-electron chi connectivity index (χ0n) is 10.3. The van der Waals surface area contributed by atoms with Gasteiger partial charge in [0.15, 0.2) is 11.6 Å². The maximum Gasteiger partial charge on any atom is 0.194 e. The molecule has 0 aliphatic carbocycles. The van der Waals surface area contributed by atoms with Gasteiger partial charge in [0.25, 0.3) is 0 Å². The molecule has 0 saturated heterocycles. The largest absolute Gasteiger partial charge is 0.336 e. The monoisotopic (exact) mass is 286 g/mol. The van der Waals surface area contributed by atoms with E-state index in [4.69, 9.17) is 11.6 Å². The molecule has 0 fully saturated rings. The highest BCUT2D eigenvalue weighted by atomic mass is 35.5. The van der Waals surface area contributed by atoms with Gasteiger partial charge in [0.1, 0.15) is 0 Å². The van der Waals surface area contributed by atoms with E-state index in [0.717, 1.165) is 5.52 Å². The Hall–Kier alpha value is -2.37. The molecule has 0 bridgehead atoms. The molecule has 0 unspecified atom stereocenters. The Morgan fingerprint density at radius 2 is 1.45 bits per heavy atom. The molecule has 100 valence electrons. The number of nitrogens with zero attached hydrogens (tertiary/aromatic N) is 2. The Morgan fingerprint density at radius 3 is 2.10 bits per heavy atom. The summed E-state index contributed by atoms with van der Waals surface area (Å²) in [4.78, 5) is 8.72. The van der Waals surface area contributed by atoms with Gasteiger partial charge in [0, 0.05) is 0 Å². The van der Waals surface area contributed by atoms with Crippen LogP contribution in [0.15, 0.2) is 48.5 Å². The standard InChI is InChI=1S/C14H11ClN4O/c15-9-5-1-2-6-10(9)16-13-14(19-20)18-12-8-4-3-7-11(12)17-13/h1-8,20H,(H,16,17)(H,18,19). The van der Waals surface area contributed by atoms with Crippen molar-refractivity contribution in [1.82, 2.24) is 9.97 Å². The molecule has 0 atom stereocenters. The van der Waals surface area contributed by atoms with Gasteiger partial charge in [-0.15, -0.1) is 0 Å². The van der Waals surface area contributed by atoms with E-state index in [-0.39, 0.29) is 5.82 Å². The summed E-state index contributed by atoms with van der Waals surface area (Å²) in [5, 5.41) is 12.8. The first-order chi connectivity index (χ1) is 9.78. The number of hydrogen-bond donors (Lipinski definition) is 3. The van der Waals surface area contributed by atoms with E-state index < -0.39 is 0 Å². The first-order valence-corrected chi connectivity index (χ1v) is 6.34. The van der Waals surface area contributed by atoms with Gasteiger partial charge in [-0.05, 0) is 24.3 Å². The van der Waals surface area contributed by atoms with Crippen molar-refractivity contribution in [2.24, 2.45) is 0 Å². The number of halogens is 1. The second kappa shape index (κ2) is 5.32. The Labute approximate surface area is 120 Å². The van der Waals surface area contributed by atoms with E-state index in [2.05, 4.69) is 15.3 Å². The molecule has 5 nitrogen and oxygen atoms in total. The fraction of sp³-hybridized carbons (Fsp3) is 0. The molecule has 0 aliphatic rings. The summed E-state index contributed by atoms with van der Waals surface area (Å²) < 4.78 is 0. The molecule has 1 heterocycles. The van der Waals surface area contributed by atoms with Crippen LogP contribution in [0.3, 0.4) is 0 Å². The highest BCUT2D eigenvalue weighted by Crippen LogP contribution is 2.28. The lowest BCUT2D eigenvalue weighted by Crippen LogP contribution is -2.03. The van der Waals surface area contributed by atoms with E-state index in [1.165, 1.54) is 0 Å². The van der Waals surface area contributed by atoms with E-state index >= 15 is 0 Å². The third-order valence-corrected chi connectivity index (χ3v) is 3.13. The van der Waals surface area contributed by atoms with Gasteiger partial charge in [0.2, 0.25) is 0 Å². The third-order valence-electron chi connectivity index (χ3n) is 2.80. The van der Waals surface area contributed by atoms with E-state index in [9.17, 15) is 5.21 Å². The molecule has 6 heteroatoms. The summed E-state index contributed by atoms with van der Waals surface area (Å²) in [5.74, 6) is 0.642. The average Bonchev–Trinajstić information content (AvgIpc) is 2.49. The third kappa shape index (κ3) is 2.36. The lowest BCUT2D eigenvalue weighted by molar-refractivity contribution is 0.386. The van der Waals surface area contributed by atoms with E-state index in [0.29, 0.717) is 22.0 Å². The van der Waals surface area contributed by atoms with Crippen molar-refractivity contribution in [2.75, 3.05) is 10.8 Å². The van der Waals surface area contributed by atoms with Gasteiger partial charge < -0.3 is 5.32 Å². The second-order valence-electron chi connectivity index (χ2n) is 4.13. The molecule has 0 amide bonds. The van der Waals surface area contributed by atoms with Crippen molar-refractivity contribution < 1.29 is 5.21 Å². The van der Waals surface area contributed by atoms with Crippen molar-refractivity contribution in [3.8, 4) is 0 Å². The molecule has 3 N–H and O–H groups in total. The van der Waals surface area contributed by atoms with Crippen molar-refractivity contribution in [3.05, 3.63) is 53.6 Å². The van der Waals surface area contributed by atoms with Crippen LogP contribution in [-0.2, 0) is 0 Å². The van der Waals surface area contributed by atoms with Crippen LogP contribution < -0.4 is 10.8 Å². The summed E-state index contributed by atoms with van der Waals surface area (Å²) in [5.41, 5.74) is 4.15. The minimum atomic E-state index is 0.239. The molecule has 0 radical (unpaired) electrons. The molecular weight excluding hydrogens is 276 g/mol. The van der Waals surface area contributed by atoms with E-state index in [1.807, 2.05) is 47.9 Å². The number of aromatic nitrogens is 2. The summed E-state index contributed by atoms with van der Waals surface area (Å²) in [6, 6.07) is 14.7. The summed E-state index contributed by atoms with van der Waals surface area (Å²) in [7, 11) is 0. The number of rotatable bonds is 3. The minimum absolute atomic E-state index is 0.239. The van der Waals surface area contributed by atoms with Crippen LogP contribution in [0.4, 0.5) is 17.3 Å². The van der Waals surface area contributed by atoms with Crippen LogP contribution in [-0.4, -0.2) is 15.2 Å². The molecule has 0 aliphatic heterocycles. The topological polar surface area (TPSA) is 70.1 Å². The van der Waals surface area contributed by atoms with Crippen molar-refractivity contribution in [2.45, 2.75) is 0 Å². The molecule has 3 rings (SSSR count).